The highest BCUT2D eigenvalue weighted by Crippen LogP contribution is 2.65. The highest BCUT2D eigenvalue weighted by Gasteiger charge is 2.73. The highest BCUT2D eigenvalue weighted by molar-refractivity contribution is 5.92. The third-order valence-electron chi connectivity index (χ3n) is 10.6. The molecular formula is C36H40N2O4. The summed E-state index contributed by atoms with van der Waals surface area (Å²) < 4.78 is 12.7. The number of carbonyl (C=O) groups is 1. The monoisotopic (exact) mass is 564 g/mol. The van der Waals surface area contributed by atoms with E-state index in [-0.39, 0.29) is 24.1 Å². The second-order valence-corrected chi connectivity index (χ2v) is 12.6. The van der Waals surface area contributed by atoms with Crippen molar-refractivity contribution in [2.45, 2.75) is 68.2 Å². The highest BCUT2D eigenvalue weighted by atomic mass is 16.5. The van der Waals surface area contributed by atoms with Gasteiger partial charge in [0.15, 0.2) is 11.5 Å². The fourth-order valence-electron chi connectivity index (χ4n) is 8.56. The minimum atomic E-state index is -0.949. The molecule has 2 aliphatic carbocycles. The Bertz CT molecular complexity index is 1540. The van der Waals surface area contributed by atoms with Gasteiger partial charge in [-0.05, 0) is 74.4 Å². The molecule has 2 bridgehead atoms. The molecule has 0 aromatic heterocycles. The van der Waals surface area contributed by atoms with E-state index in [0.717, 1.165) is 54.8 Å². The third kappa shape index (κ3) is 4.03. The first-order valence-corrected chi connectivity index (χ1v) is 15.2. The zero-order chi connectivity index (χ0) is 29.1. The van der Waals surface area contributed by atoms with Crippen LogP contribution in [0.25, 0.3) is 6.08 Å². The second-order valence-electron chi connectivity index (χ2n) is 12.6. The van der Waals surface area contributed by atoms with E-state index < -0.39 is 11.0 Å². The van der Waals surface area contributed by atoms with Gasteiger partial charge in [0.05, 0.1) is 24.2 Å². The van der Waals surface area contributed by atoms with Gasteiger partial charge in [-0.3, -0.25) is 9.69 Å². The lowest BCUT2D eigenvalue weighted by Crippen LogP contribution is -2.78. The topological polar surface area (TPSA) is 62.2 Å². The van der Waals surface area contributed by atoms with Gasteiger partial charge in [-0.25, -0.2) is 0 Å². The molecule has 218 valence electrons. The van der Waals surface area contributed by atoms with Crippen LogP contribution in [0.5, 0.6) is 11.5 Å². The van der Waals surface area contributed by atoms with Crippen LogP contribution >= 0.6 is 0 Å². The van der Waals surface area contributed by atoms with Gasteiger partial charge in [0, 0.05) is 31.3 Å². The van der Waals surface area contributed by atoms with Crippen LogP contribution in [0, 0.1) is 6.92 Å². The molecule has 1 saturated heterocycles. The van der Waals surface area contributed by atoms with Crippen LogP contribution in [0.1, 0.15) is 47.1 Å². The number of nitrogens with zero attached hydrogens (tertiary/aromatic N) is 2. The molecule has 2 heterocycles. The van der Waals surface area contributed by atoms with Crippen molar-refractivity contribution in [3.63, 3.8) is 0 Å². The van der Waals surface area contributed by atoms with Crippen molar-refractivity contribution in [1.82, 2.24) is 9.80 Å². The van der Waals surface area contributed by atoms with Gasteiger partial charge in [0.2, 0.25) is 5.91 Å². The minimum Gasteiger partial charge on any atom is -0.493 e. The molecule has 2 unspecified atom stereocenters. The number of benzene rings is 3. The van der Waals surface area contributed by atoms with E-state index in [9.17, 15) is 9.90 Å². The van der Waals surface area contributed by atoms with Crippen molar-refractivity contribution in [3.05, 3.63) is 101 Å². The molecule has 0 radical (unpaired) electrons. The number of ether oxygens (including phenoxy) is 2. The summed E-state index contributed by atoms with van der Waals surface area (Å²) in [5, 5.41) is 12.9. The molecule has 7 rings (SSSR count). The quantitative estimate of drug-likeness (QED) is 0.412. The molecule has 2 fully saturated rings. The first-order valence-electron chi connectivity index (χ1n) is 15.2. The van der Waals surface area contributed by atoms with Crippen LogP contribution in [0.15, 0.2) is 72.8 Å². The van der Waals surface area contributed by atoms with Crippen LogP contribution < -0.4 is 9.47 Å². The predicted octanol–water partition coefficient (Wildman–Crippen LogP) is 4.94. The molecule has 4 aliphatic rings. The molecule has 1 saturated carbocycles. The molecule has 42 heavy (non-hydrogen) atoms. The molecule has 1 amide bonds. The van der Waals surface area contributed by atoms with E-state index in [4.69, 9.17) is 9.47 Å². The van der Waals surface area contributed by atoms with Gasteiger partial charge in [-0.1, -0.05) is 66.2 Å². The Labute approximate surface area is 248 Å². The summed E-state index contributed by atoms with van der Waals surface area (Å²) in [5.41, 5.74) is 4.30. The van der Waals surface area contributed by atoms with Crippen molar-refractivity contribution in [2.75, 3.05) is 27.2 Å². The van der Waals surface area contributed by atoms with Crippen LogP contribution in [-0.2, 0) is 23.1 Å². The largest absolute Gasteiger partial charge is 0.493 e. The SMILES string of the molecule is COc1ccc2c3c1OC1C(N(C)C(=O)/C=C/c4cccc(C)c4)CC[C@@]4(O)[C@@H](C2)N(CCc2ccccc2)CC[C@]314. The maximum atomic E-state index is 13.6. The van der Waals surface area contributed by atoms with Crippen molar-refractivity contribution in [1.29, 1.82) is 0 Å². The summed E-state index contributed by atoms with van der Waals surface area (Å²) in [6.45, 7) is 3.84. The number of hydrogen-bond acceptors (Lipinski definition) is 5. The summed E-state index contributed by atoms with van der Waals surface area (Å²) >= 11 is 0. The van der Waals surface area contributed by atoms with Crippen LogP contribution in [0.2, 0.25) is 0 Å². The lowest BCUT2D eigenvalue weighted by molar-refractivity contribution is -0.199. The standard InChI is InChI=1S/C36H40N2O4/c1-24-8-7-11-26(22-24)12-15-31(39)37(2)28-16-18-36(40)30-23-27-13-14-29(41-3)33-32(27)35(36,34(28)42-33)19-21-38(30)20-17-25-9-5-4-6-10-25/h4-15,22,28,30,34,40H,16-21,23H2,1-3H3/b15-12+/t28?,30-,34?,35+,36-/m1/s1. The second kappa shape index (κ2) is 10.3. The van der Waals surface area contributed by atoms with E-state index >= 15 is 0 Å². The Morgan fingerprint density at radius 2 is 1.98 bits per heavy atom. The molecule has 2 aliphatic heterocycles. The van der Waals surface area contributed by atoms with E-state index in [1.807, 2.05) is 36.2 Å². The van der Waals surface area contributed by atoms with E-state index in [2.05, 4.69) is 60.4 Å². The minimum absolute atomic E-state index is 0.00363. The van der Waals surface area contributed by atoms with Crippen LogP contribution in [-0.4, -0.2) is 71.8 Å². The molecule has 1 N–H and O–H groups in total. The molecule has 1 spiro atoms. The average Bonchev–Trinajstić information content (AvgIpc) is 3.35. The Hall–Kier alpha value is -3.61. The van der Waals surface area contributed by atoms with Crippen molar-refractivity contribution < 1.29 is 19.4 Å². The lowest BCUT2D eigenvalue weighted by atomic mass is 9.48. The normalized spacial score (nSPS) is 29.2. The Morgan fingerprint density at radius 1 is 1.14 bits per heavy atom. The Morgan fingerprint density at radius 3 is 2.76 bits per heavy atom. The van der Waals surface area contributed by atoms with E-state index in [0.29, 0.717) is 18.6 Å². The first kappa shape index (κ1) is 27.2. The Kier molecular flexibility index (Phi) is 6.67. The fraction of sp³-hybridized carbons (Fsp3) is 0.417. The number of likely N-dealkylation sites (N-methyl/N-ethyl adjacent to an activating group) is 1. The fourth-order valence-corrected chi connectivity index (χ4v) is 8.56. The predicted molar refractivity (Wildman–Crippen MR) is 164 cm³/mol. The summed E-state index contributed by atoms with van der Waals surface area (Å²) in [6.07, 6.45) is 7.03. The summed E-state index contributed by atoms with van der Waals surface area (Å²) in [7, 11) is 3.56. The molecule has 3 aromatic carbocycles. The smallest absolute Gasteiger partial charge is 0.246 e. The van der Waals surface area contributed by atoms with Gasteiger partial charge in [0.1, 0.15) is 6.10 Å². The summed E-state index contributed by atoms with van der Waals surface area (Å²) in [5.74, 6) is 1.41. The van der Waals surface area contributed by atoms with Crippen LogP contribution in [0.3, 0.4) is 0 Å². The maximum Gasteiger partial charge on any atom is 0.246 e. The summed E-state index contributed by atoms with van der Waals surface area (Å²) in [6, 6.07) is 22.7. The van der Waals surface area contributed by atoms with Gasteiger partial charge < -0.3 is 19.5 Å². The molecule has 6 heteroatoms. The van der Waals surface area contributed by atoms with Crippen molar-refractivity contribution in [3.8, 4) is 11.5 Å². The van der Waals surface area contributed by atoms with Gasteiger partial charge >= 0.3 is 0 Å². The summed E-state index contributed by atoms with van der Waals surface area (Å²) in [4.78, 5) is 17.9. The maximum absolute atomic E-state index is 13.6. The number of carbonyl (C=O) groups excluding carboxylic acids is 1. The molecule has 6 nitrogen and oxygen atoms in total. The number of rotatable bonds is 7. The molecule has 5 atom stereocenters. The number of hydrogen-bond donors (Lipinski definition) is 1. The zero-order valence-corrected chi connectivity index (χ0v) is 24.8. The van der Waals surface area contributed by atoms with E-state index in [1.54, 1.807) is 13.2 Å². The molecule has 3 aromatic rings. The Balaban J connectivity index is 1.23. The third-order valence-corrected chi connectivity index (χ3v) is 10.6. The van der Waals surface area contributed by atoms with Crippen LogP contribution in [0.4, 0.5) is 0 Å². The zero-order valence-electron chi connectivity index (χ0n) is 24.8. The lowest BCUT2D eigenvalue weighted by Gasteiger charge is -2.64. The number of aryl methyl sites for hydroxylation is 1. The van der Waals surface area contributed by atoms with Gasteiger partial charge in [0.25, 0.3) is 0 Å². The van der Waals surface area contributed by atoms with Gasteiger partial charge in [-0.2, -0.15) is 0 Å². The number of amides is 1. The van der Waals surface area contributed by atoms with Crippen molar-refractivity contribution in [2.24, 2.45) is 0 Å². The number of aliphatic hydroxyl groups is 1. The first-order chi connectivity index (χ1) is 20.4. The number of likely N-dealkylation sites (tertiary alicyclic amines) is 1. The number of piperidine rings is 1. The molecular weight excluding hydrogens is 524 g/mol. The van der Waals surface area contributed by atoms with Gasteiger partial charge in [-0.15, -0.1) is 0 Å². The number of methoxy groups -OCH3 is 1. The van der Waals surface area contributed by atoms with E-state index in [1.165, 1.54) is 11.1 Å². The average molecular weight is 565 g/mol. The van der Waals surface area contributed by atoms with Crippen molar-refractivity contribution >= 4 is 12.0 Å².